The fraction of sp³-hybridized carbons (Fsp3) is 0.308. The third-order valence-corrected chi connectivity index (χ3v) is 5.76. The van der Waals surface area contributed by atoms with Gasteiger partial charge in [-0.15, -0.1) is 0 Å². The Balaban J connectivity index is 1.53. The zero-order chi connectivity index (χ0) is 23.5. The highest BCUT2D eigenvalue weighted by Gasteiger charge is 2.12. The smallest absolute Gasteiger partial charge is 0.469 e. The molecule has 0 atom stereocenters. The molecule has 0 aliphatic rings. The second-order valence-corrected chi connectivity index (χ2v) is 8.92. The summed E-state index contributed by atoms with van der Waals surface area (Å²) in [6.07, 6.45) is 3.99. The molecular formula is C26H30NO5P. The van der Waals surface area contributed by atoms with E-state index in [4.69, 9.17) is 14.5 Å². The van der Waals surface area contributed by atoms with Crippen LogP contribution in [0.5, 0.6) is 5.75 Å². The molecule has 0 bridgehead atoms. The number of benzene rings is 3. The summed E-state index contributed by atoms with van der Waals surface area (Å²) in [7, 11) is -2.73. The molecule has 3 rings (SSSR count). The zero-order valence-electron chi connectivity index (χ0n) is 18.8. The van der Waals surface area contributed by atoms with Gasteiger partial charge in [0, 0.05) is 25.1 Å². The predicted octanol–water partition coefficient (Wildman–Crippen LogP) is 4.81. The summed E-state index contributed by atoms with van der Waals surface area (Å²) < 4.78 is 20.5. The van der Waals surface area contributed by atoms with Gasteiger partial charge in [0.2, 0.25) is 0 Å². The van der Waals surface area contributed by atoms with E-state index >= 15 is 0 Å². The van der Waals surface area contributed by atoms with Crippen LogP contribution in [-0.2, 0) is 22.1 Å². The van der Waals surface area contributed by atoms with Crippen LogP contribution in [0.2, 0.25) is 0 Å². The third-order valence-electron chi connectivity index (χ3n) is 5.24. The van der Waals surface area contributed by atoms with Gasteiger partial charge in [0.1, 0.15) is 5.75 Å². The molecule has 0 heterocycles. The number of nitrogens with one attached hydrogen (secondary N) is 1. The van der Waals surface area contributed by atoms with Crippen LogP contribution in [0.4, 0.5) is 0 Å². The Hall–Kier alpha value is -2.65. The van der Waals surface area contributed by atoms with Gasteiger partial charge in [0.05, 0.1) is 13.7 Å². The molecule has 0 aliphatic carbocycles. The number of phosphoric ester groups is 1. The van der Waals surface area contributed by atoms with Crippen molar-refractivity contribution in [1.29, 1.82) is 0 Å². The quantitative estimate of drug-likeness (QED) is 0.213. The minimum absolute atomic E-state index is 0.0520. The maximum Gasteiger partial charge on any atom is 0.469 e. The Labute approximate surface area is 195 Å². The van der Waals surface area contributed by atoms with Gasteiger partial charge in [-0.3, -0.25) is 4.52 Å². The highest BCUT2D eigenvalue weighted by Crippen LogP contribution is 2.35. The topological polar surface area (TPSA) is 88.0 Å². The lowest BCUT2D eigenvalue weighted by Gasteiger charge is -2.10. The molecule has 3 N–H and O–H groups in total. The largest absolute Gasteiger partial charge is 0.497 e. The van der Waals surface area contributed by atoms with E-state index in [1.807, 2.05) is 36.4 Å². The highest BCUT2D eigenvalue weighted by atomic mass is 31.2. The van der Waals surface area contributed by atoms with Crippen molar-refractivity contribution in [1.82, 2.24) is 5.32 Å². The monoisotopic (exact) mass is 467 g/mol. The molecule has 0 amide bonds. The van der Waals surface area contributed by atoms with Crippen molar-refractivity contribution in [3.63, 3.8) is 0 Å². The Bertz CT molecular complexity index is 1160. The van der Waals surface area contributed by atoms with E-state index in [0.717, 1.165) is 53.3 Å². The van der Waals surface area contributed by atoms with Crippen molar-refractivity contribution in [3.05, 3.63) is 77.4 Å². The van der Waals surface area contributed by atoms with Crippen molar-refractivity contribution in [2.45, 2.75) is 32.2 Å². The molecule has 33 heavy (non-hydrogen) atoms. The number of methoxy groups -OCH3 is 1. The molecule has 0 fully saturated rings. The maximum atomic E-state index is 10.7. The van der Waals surface area contributed by atoms with E-state index in [-0.39, 0.29) is 6.61 Å². The van der Waals surface area contributed by atoms with Gasteiger partial charge in [0.25, 0.3) is 0 Å². The second kappa shape index (κ2) is 12.6. The second-order valence-electron chi connectivity index (χ2n) is 7.68. The molecule has 0 saturated heterocycles. The van der Waals surface area contributed by atoms with Crippen LogP contribution in [0.3, 0.4) is 0 Å². The molecule has 6 nitrogen and oxygen atoms in total. The highest BCUT2D eigenvalue weighted by molar-refractivity contribution is 7.46. The SMILES string of the molecule is COc1cccc(CCCCC#Cc2ccc(CNCCOP(=O)(O)O)c3ccccc23)c1. The third kappa shape index (κ3) is 8.33. The summed E-state index contributed by atoms with van der Waals surface area (Å²) in [5.74, 6) is 7.54. The number of hydrogen-bond donors (Lipinski definition) is 3. The first-order valence-corrected chi connectivity index (χ1v) is 12.5. The van der Waals surface area contributed by atoms with Gasteiger partial charge in [-0.2, -0.15) is 0 Å². The fourth-order valence-corrected chi connectivity index (χ4v) is 3.94. The number of fused-ring (bicyclic) bond motifs is 1. The molecule has 0 aromatic heterocycles. The minimum Gasteiger partial charge on any atom is -0.497 e. The van der Waals surface area contributed by atoms with Crippen molar-refractivity contribution < 1.29 is 23.6 Å². The zero-order valence-corrected chi connectivity index (χ0v) is 19.7. The predicted molar refractivity (Wildman–Crippen MR) is 131 cm³/mol. The molecule has 0 saturated carbocycles. The van der Waals surface area contributed by atoms with Crippen LogP contribution in [0.1, 0.15) is 36.0 Å². The number of unbranched alkanes of at least 4 members (excludes halogenated alkanes) is 2. The van der Waals surface area contributed by atoms with Crippen molar-refractivity contribution in [3.8, 4) is 17.6 Å². The van der Waals surface area contributed by atoms with Gasteiger partial charge in [-0.25, -0.2) is 4.57 Å². The van der Waals surface area contributed by atoms with E-state index in [1.54, 1.807) is 7.11 Å². The number of rotatable bonds is 11. The van der Waals surface area contributed by atoms with Crippen LogP contribution in [-0.4, -0.2) is 30.0 Å². The Morgan fingerprint density at radius 1 is 1.00 bits per heavy atom. The average Bonchev–Trinajstić information content (AvgIpc) is 2.81. The van der Waals surface area contributed by atoms with E-state index in [9.17, 15) is 4.57 Å². The lowest BCUT2D eigenvalue weighted by atomic mass is 9.99. The first-order chi connectivity index (χ1) is 16.0. The summed E-state index contributed by atoms with van der Waals surface area (Å²) in [6, 6.07) is 20.4. The Kier molecular flexibility index (Phi) is 9.50. The molecule has 0 unspecified atom stereocenters. The normalized spacial score (nSPS) is 11.2. The Morgan fingerprint density at radius 3 is 2.61 bits per heavy atom. The van der Waals surface area contributed by atoms with Crippen molar-refractivity contribution in [2.75, 3.05) is 20.3 Å². The molecule has 0 spiro atoms. The first kappa shape index (κ1) is 25.0. The summed E-state index contributed by atoms with van der Waals surface area (Å²) in [5.41, 5.74) is 3.39. The van der Waals surface area contributed by atoms with E-state index in [2.05, 4.69) is 45.9 Å². The van der Waals surface area contributed by atoms with E-state index < -0.39 is 7.82 Å². The van der Waals surface area contributed by atoms with Crippen LogP contribution in [0.15, 0.2) is 60.7 Å². The molecule has 174 valence electrons. The lowest BCUT2D eigenvalue weighted by molar-refractivity contribution is 0.197. The molecular weight excluding hydrogens is 437 g/mol. The van der Waals surface area contributed by atoms with Crippen LogP contribution in [0, 0.1) is 11.8 Å². The van der Waals surface area contributed by atoms with E-state index in [0.29, 0.717) is 13.1 Å². The molecule has 0 aliphatic heterocycles. The average molecular weight is 468 g/mol. The molecule has 3 aromatic rings. The fourth-order valence-electron chi connectivity index (χ4n) is 3.61. The number of ether oxygens (including phenoxy) is 1. The van der Waals surface area contributed by atoms with Crippen LogP contribution >= 0.6 is 7.82 Å². The summed E-state index contributed by atoms with van der Waals surface area (Å²) >= 11 is 0. The molecule has 3 aromatic carbocycles. The van der Waals surface area contributed by atoms with Gasteiger partial charge in [-0.1, -0.05) is 54.3 Å². The standard InChI is InChI=1S/C26H30NO5P/c1-31-24-12-8-10-21(19-24)9-4-2-3-5-11-22-15-16-23(26-14-7-6-13-25(22)26)20-27-17-18-32-33(28,29)30/h6-8,10,12-16,19,27H,2-4,9,17-18,20H2,1H3,(H2,28,29,30). The van der Waals surface area contributed by atoms with Gasteiger partial charge < -0.3 is 19.8 Å². The van der Waals surface area contributed by atoms with Crippen molar-refractivity contribution in [2.24, 2.45) is 0 Å². The lowest BCUT2D eigenvalue weighted by Crippen LogP contribution is -2.19. The number of phosphoric acid groups is 1. The van der Waals surface area contributed by atoms with Gasteiger partial charge in [-0.05, 0) is 59.4 Å². The van der Waals surface area contributed by atoms with E-state index in [1.165, 1.54) is 5.56 Å². The van der Waals surface area contributed by atoms with Crippen molar-refractivity contribution >= 4 is 18.6 Å². The minimum atomic E-state index is -4.42. The molecule has 0 radical (unpaired) electrons. The number of aryl methyl sites for hydroxylation is 1. The van der Waals surface area contributed by atoms with Crippen LogP contribution in [0.25, 0.3) is 10.8 Å². The molecule has 7 heteroatoms. The van der Waals surface area contributed by atoms with Gasteiger partial charge >= 0.3 is 7.82 Å². The van der Waals surface area contributed by atoms with Crippen LogP contribution < -0.4 is 10.1 Å². The maximum absolute atomic E-state index is 10.7. The first-order valence-electron chi connectivity index (χ1n) is 11.0. The summed E-state index contributed by atoms with van der Waals surface area (Å²) in [6.45, 7) is 0.864. The summed E-state index contributed by atoms with van der Waals surface area (Å²) in [5, 5.41) is 5.38. The summed E-state index contributed by atoms with van der Waals surface area (Å²) in [4.78, 5) is 17.5. The number of hydrogen-bond acceptors (Lipinski definition) is 4. The van der Waals surface area contributed by atoms with Gasteiger partial charge in [0.15, 0.2) is 0 Å². The Morgan fingerprint density at radius 2 is 1.82 bits per heavy atom.